The molecule has 3 rings (SSSR count). The molecule has 1 aromatic rings. The lowest BCUT2D eigenvalue weighted by Crippen LogP contribution is -2.45. The second kappa shape index (κ2) is 7.24. The van der Waals surface area contributed by atoms with Crippen LogP contribution < -0.4 is 5.73 Å². The molecule has 2 aliphatic rings. The Labute approximate surface area is 141 Å². The fourth-order valence-corrected chi connectivity index (χ4v) is 4.90. The van der Waals surface area contributed by atoms with Crippen LogP contribution in [0.3, 0.4) is 0 Å². The second-order valence-electron chi connectivity index (χ2n) is 6.21. The Morgan fingerprint density at radius 2 is 2.09 bits per heavy atom. The number of halogens is 1. The highest BCUT2D eigenvalue weighted by atomic mass is 35.5. The monoisotopic (exact) mass is 338 g/mol. The maximum Gasteiger partial charge on any atom is 0.226 e. The van der Waals surface area contributed by atoms with Gasteiger partial charge >= 0.3 is 0 Å². The molecule has 0 aromatic heterocycles. The Hall–Kier alpha value is -0.710. The first-order valence-corrected chi connectivity index (χ1v) is 9.57. The first-order valence-electron chi connectivity index (χ1n) is 8.04. The minimum absolute atomic E-state index is 0.128. The summed E-state index contributed by atoms with van der Waals surface area (Å²) in [4.78, 5) is 15.2. The Morgan fingerprint density at radius 3 is 2.82 bits per heavy atom. The molecule has 1 saturated heterocycles. The largest absolute Gasteiger partial charge is 0.334 e. The van der Waals surface area contributed by atoms with Crippen LogP contribution in [0.5, 0.6) is 0 Å². The minimum Gasteiger partial charge on any atom is -0.334 e. The van der Waals surface area contributed by atoms with Gasteiger partial charge in [0.15, 0.2) is 0 Å². The summed E-state index contributed by atoms with van der Waals surface area (Å²) < 4.78 is 0. The molecule has 2 N–H and O–H groups in total. The smallest absolute Gasteiger partial charge is 0.226 e. The highest BCUT2D eigenvalue weighted by Crippen LogP contribution is 2.37. The summed E-state index contributed by atoms with van der Waals surface area (Å²) in [5.74, 6) is 2.80. The number of nitrogens with two attached hydrogens (primary N) is 1. The normalized spacial score (nSPS) is 28.8. The van der Waals surface area contributed by atoms with Crippen LogP contribution in [0.15, 0.2) is 24.3 Å². The van der Waals surface area contributed by atoms with E-state index >= 15 is 0 Å². The van der Waals surface area contributed by atoms with Crippen molar-refractivity contribution in [1.29, 1.82) is 0 Å². The molecule has 3 nitrogen and oxygen atoms in total. The van der Waals surface area contributed by atoms with Crippen LogP contribution in [0.2, 0.25) is 5.02 Å². The number of rotatable bonds is 3. The third-order valence-corrected chi connectivity index (χ3v) is 6.22. The Balaban J connectivity index is 1.80. The van der Waals surface area contributed by atoms with Crippen molar-refractivity contribution in [3.63, 3.8) is 0 Å². The number of thioether (sulfide) groups is 1. The van der Waals surface area contributed by atoms with Gasteiger partial charge in [-0.15, -0.1) is 0 Å². The van der Waals surface area contributed by atoms with Gasteiger partial charge in [-0.25, -0.2) is 0 Å². The SMILES string of the molecule is NC[C@H]1CCC[C@H]1C(=O)N1CCSCC1c1ccc(Cl)cc1. The van der Waals surface area contributed by atoms with Gasteiger partial charge in [0.05, 0.1) is 6.04 Å². The number of benzene rings is 1. The summed E-state index contributed by atoms with van der Waals surface area (Å²) in [7, 11) is 0. The van der Waals surface area contributed by atoms with Crippen molar-refractivity contribution < 1.29 is 4.79 Å². The topological polar surface area (TPSA) is 46.3 Å². The van der Waals surface area contributed by atoms with Gasteiger partial charge in [-0.05, 0) is 43.0 Å². The third kappa shape index (κ3) is 3.29. The fraction of sp³-hybridized carbons (Fsp3) is 0.588. The van der Waals surface area contributed by atoms with Crippen molar-refractivity contribution in [1.82, 2.24) is 4.90 Å². The molecule has 5 heteroatoms. The van der Waals surface area contributed by atoms with E-state index in [-0.39, 0.29) is 12.0 Å². The van der Waals surface area contributed by atoms with Crippen molar-refractivity contribution in [3.8, 4) is 0 Å². The predicted octanol–water partition coefficient (Wildman–Crippen LogP) is 3.33. The molecule has 0 bridgehead atoms. The van der Waals surface area contributed by atoms with Crippen LogP contribution in [0.1, 0.15) is 30.9 Å². The van der Waals surface area contributed by atoms with E-state index in [1.54, 1.807) is 0 Å². The first kappa shape index (κ1) is 16.2. The predicted molar refractivity (Wildman–Crippen MR) is 93.1 cm³/mol. The lowest BCUT2D eigenvalue weighted by atomic mass is 9.93. The van der Waals surface area contributed by atoms with E-state index < -0.39 is 0 Å². The lowest BCUT2D eigenvalue weighted by molar-refractivity contribution is -0.138. The van der Waals surface area contributed by atoms with Gasteiger partial charge in [-0.1, -0.05) is 30.2 Å². The summed E-state index contributed by atoms with van der Waals surface area (Å²) in [6.45, 7) is 1.47. The molecular formula is C17H23ClN2OS. The third-order valence-electron chi connectivity index (χ3n) is 4.95. The second-order valence-corrected chi connectivity index (χ2v) is 7.79. The van der Waals surface area contributed by atoms with Crippen molar-refractivity contribution in [2.45, 2.75) is 25.3 Å². The zero-order valence-corrected chi connectivity index (χ0v) is 14.3. The zero-order chi connectivity index (χ0) is 15.5. The molecule has 1 amide bonds. The van der Waals surface area contributed by atoms with Crippen LogP contribution in [-0.4, -0.2) is 35.4 Å². The Kier molecular flexibility index (Phi) is 5.32. The first-order chi connectivity index (χ1) is 10.7. The number of hydrogen-bond acceptors (Lipinski definition) is 3. The number of carbonyl (C=O) groups is 1. The number of hydrogen-bond donors (Lipinski definition) is 1. The molecule has 2 fully saturated rings. The molecule has 1 unspecified atom stereocenters. The van der Waals surface area contributed by atoms with E-state index in [0.29, 0.717) is 18.4 Å². The van der Waals surface area contributed by atoms with Crippen molar-refractivity contribution in [2.24, 2.45) is 17.6 Å². The van der Waals surface area contributed by atoms with Crippen LogP contribution in [0.4, 0.5) is 0 Å². The highest BCUT2D eigenvalue weighted by Gasteiger charge is 2.38. The van der Waals surface area contributed by atoms with Crippen LogP contribution >= 0.6 is 23.4 Å². The zero-order valence-electron chi connectivity index (χ0n) is 12.7. The van der Waals surface area contributed by atoms with Crippen LogP contribution in [-0.2, 0) is 4.79 Å². The molecule has 0 spiro atoms. The van der Waals surface area contributed by atoms with Crippen LogP contribution in [0, 0.1) is 11.8 Å². The Bertz CT molecular complexity index is 522. The van der Waals surface area contributed by atoms with E-state index in [9.17, 15) is 4.79 Å². The molecule has 22 heavy (non-hydrogen) atoms. The highest BCUT2D eigenvalue weighted by molar-refractivity contribution is 7.99. The van der Waals surface area contributed by atoms with Gasteiger partial charge in [0.1, 0.15) is 0 Å². The lowest BCUT2D eigenvalue weighted by Gasteiger charge is -2.38. The van der Waals surface area contributed by atoms with E-state index in [0.717, 1.165) is 42.3 Å². The molecule has 1 aliphatic carbocycles. The molecule has 1 heterocycles. The van der Waals surface area contributed by atoms with Gasteiger partial charge in [0.2, 0.25) is 5.91 Å². The summed E-state index contributed by atoms with van der Waals surface area (Å²) >= 11 is 7.91. The molecule has 0 radical (unpaired) electrons. The average Bonchev–Trinajstić information content (AvgIpc) is 3.03. The summed E-state index contributed by atoms with van der Waals surface area (Å²) in [6, 6.07) is 8.10. The quantitative estimate of drug-likeness (QED) is 0.919. The van der Waals surface area contributed by atoms with E-state index in [2.05, 4.69) is 4.90 Å². The Morgan fingerprint density at radius 1 is 1.32 bits per heavy atom. The van der Waals surface area contributed by atoms with E-state index in [1.807, 2.05) is 36.0 Å². The molecule has 120 valence electrons. The molecule has 1 aliphatic heterocycles. The van der Waals surface area contributed by atoms with Crippen molar-refractivity contribution >= 4 is 29.3 Å². The van der Waals surface area contributed by atoms with Gasteiger partial charge < -0.3 is 10.6 Å². The average molecular weight is 339 g/mol. The maximum absolute atomic E-state index is 13.1. The van der Waals surface area contributed by atoms with Gasteiger partial charge in [0, 0.05) is 29.0 Å². The standard InChI is InChI=1S/C17H23ClN2OS/c18-14-6-4-12(5-7-14)16-11-22-9-8-20(16)17(21)15-3-1-2-13(15)10-19/h4-7,13,15-16H,1-3,8-11,19H2/t13-,15-,16?/m1/s1. The number of nitrogens with zero attached hydrogens (tertiary/aromatic N) is 1. The van der Waals surface area contributed by atoms with Crippen molar-refractivity contribution in [2.75, 3.05) is 24.6 Å². The summed E-state index contributed by atoms with van der Waals surface area (Å²) in [5, 5.41) is 0.740. The van der Waals surface area contributed by atoms with E-state index in [1.165, 1.54) is 5.56 Å². The van der Waals surface area contributed by atoms with E-state index in [4.69, 9.17) is 17.3 Å². The minimum atomic E-state index is 0.128. The fourth-order valence-electron chi connectivity index (χ4n) is 3.69. The molecule has 1 aromatic carbocycles. The number of amides is 1. The molecule has 1 saturated carbocycles. The maximum atomic E-state index is 13.1. The van der Waals surface area contributed by atoms with Crippen LogP contribution in [0.25, 0.3) is 0 Å². The molecular weight excluding hydrogens is 316 g/mol. The summed E-state index contributed by atoms with van der Waals surface area (Å²) in [6.07, 6.45) is 3.23. The summed E-state index contributed by atoms with van der Waals surface area (Å²) in [5.41, 5.74) is 7.05. The number of carbonyl (C=O) groups excluding carboxylic acids is 1. The van der Waals surface area contributed by atoms with Crippen molar-refractivity contribution in [3.05, 3.63) is 34.9 Å². The van der Waals surface area contributed by atoms with Gasteiger partial charge in [-0.2, -0.15) is 11.8 Å². The van der Waals surface area contributed by atoms with Gasteiger partial charge in [0.25, 0.3) is 0 Å². The van der Waals surface area contributed by atoms with Gasteiger partial charge in [-0.3, -0.25) is 4.79 Å². The molecule has 3 atom stereocenters.